The van der Waals surface area contributed by atoms with Crippen LogP contribution in [-0.2, 0) is 0 Å². The van der Waals surface area contributed by atoms with Gasteiger partial charge in [0.05, 0.1) is 16.9 Å². The van der Waals surface area contributed by atoms with E-state index in [2.05, 4.69) is 5.10 Å². The largest absolute Gasteiger partial charge is 0.274 e. The van der Waals surface area contributed by atoms with Crippen molar-refractivity contribution in [2.45, 2.75) is 20.8 Å². The normalized spacial score (nSPS) is 10.7. The Kier molecular flexibility index (Phi) is 3.46. The summed E-state index contributed by atoms with van der Waals surface area (Å²) in [4.78, 5) is 12.1. The van der Waals surface area contributed by atoms with Crippen LogP contribution in [0.1, 0.15) is 16.7 Å². The SMILES string of the molecule is Cc1cc(-n2ncc(C)c(C)c2=O)c(Cl)cc1Cl. The lowest BCUT2D eigenvalue weighted by Crippen LogP contribution is -2.24. The molecule has 94 valence electrons. The summed E-state index contributed by atoms with van der Waals surface area (Å²) in [5.41, 5.74) is 2.75. The number of benzene rings is 1. The first-order valence-electron chi connectivity index (χ1n) is 5.43. The molecule has 0 N–H and O–H groups in total. The molecule has 5 heteroatoms. The fraction of sp³-hybridized carbons (Fsp3) is 0.231. The first-order chi connectivity index (χ1) is 8.41. The highest BCUT2D eigenvalue weighted by Gasteiger charge is 2.11. The van der Waals surface area contributed by atoms with E-state index in [9.17, 15) is 4.79 Å². The highest BCUT2D eigenvalue weighted by molar-refractivity contribution is 6.36. The van der Waals surface area contributed by atoms with Gasteiger partial charge in [-0.1, -0.05) is 23.2 Å². The van der Waals surface area contributed by atoms with Crippen LogP contribution in [0.5, 0.6) is 0 Å². The zero-order valence-corrected chi connectivity index (χ0v) is 11.8. The van der Waals surface area contributed by atoms with Crippen molar-refractivity contribution in [2.24, 2.45) is 0 Å². The maximum atomic E-state index is 12.1. The average Bonchev–Trinajstić information content (AvgIpc) is 2.32. The van der Waals surface area contributed by atoms with Crippen molar-refractivity contribution in [1.29, 1.82) is 0 Å². The zero-order chi connectivity index (χ0) is 13.4. The van der Waals surface area contributed by atoms with Crippen molar-refractivity contribution in [2.75, 3.05) is 0 Å². The molecule has 0 unspecified atom stereocenters. The van der Waals surface area contributed by atoms with Crippen molar-refractivity contribution in [3.05, 3.63) is 55.4 Å². The van der Waals surface area contributed by atoms with Gasteiger partial charge in [0.1, 0.15) is 0 Å². The molecule has 18 heavy (non-hydrogen) atoms. The molecule has 2 rings (SSSR count). The second-order valence-corrected chi connectivity index (χ2v) is 5.04. The topological polar surface area (TPSA) is 34.9 Å². The highest BCUT2D eigenvalue weighted by atomic mass is 35.5. The summed E-state index contributed by atoms with van der Waals surface area (Å²) in [6.07, 6.45) is 1.65. The van der Waals surface area contributed by atoms with E-state index in [4.69, 9.17) is 23.2 Å². The smallest absolute Gasteiger partial charge is 0.267 e. The molecular weight excluding hydrogens is 271 g/mol. The molecule has 0 radical (unpaired) electrons. The number of nitrogens with zero attached hydrogens (tertiary/aromatic N) is 2. The molecule has 0 saturated carbocycles. The van der Waals surface area contributed by atoms with Crippen LogP contribution in [0.3, 0.4) is 0 Å². The second-order valence-electron chi connectivity index (χ2n) is 4.22. The summed E-state index contributed by atoms with van der Waals surface area (Å²) in [6.45, 7) is 5.48. The van der Waals surface area contributed by atoms with Gasteiger partial charge in [0.2, 0.25) is 0 Å². The van der Waals surface area contributed by atoms with Gasteiger partial charge in [0.25, 0.3) is 5.56 Å². The average molecular weight is 283 g/mol. The van der Waals surface area contributed by atoms with Crippen LogP contribution >= 0.6 is 23.2 Å². The van der Waals surface area contributed by atoms with Crippen molar-refractivity contribution in [1.82, 2.24) is 9.78 Å². The lowest BCUT2D eigenvalue weighted by molar-refractivity contribution is 0.788. The molecule has 0 fully saturated rings. The van der Waals surface area contributed by atoms with Crippen LogP contribution in [0, 0.1) is 20.8 Å². The van der Waals surface area contributed by atoms with Crippen LogP contribution in [0.25, 0.3) is 5.69 Å². The minimum atomic E-state index is -0.168. The van der Waals surface area contributed by atoms with E-state index < -0.39 is 0 Å². The third-order valence-corrected chi connectivity index (χ3v) is 3.64. The molecule has 0 spiro atoms. The number of hydrogen-bond donors (Lipinski definition) is 0. The molecule has 2 aromatic rings. The number of rotatable bonds is 1. The van der Waals surface area contributed by atoms with Crippen LogP contribution in [0.15, 0.2) is 23.1 Å². The standard InChI is InChI=1S/C13H12Cl2N2O/c1-7-4-12(11(15)5-10(7)14)17-13(18)9(3)8(2)6-16-17/h4-6H,1-3H3. The van der Waals surface area contributed by atoms with Crippen LogP contribution in [-0.4, -0.2) is 9.78 Å². The lowest BCUT2D eigenvalue weighted by Gasteiger charge is -2.10. The monoisotopic (exact) mass is 282 g/mol. The molecule has 0 aliphatic rings. The molecule has 0 amide bonds. The van der Waals surface area contributed by atoms with Gasteiger partial charge in [-0.05, 0) is 44.0 Å². The maximum Gasteiger partial charge on any atom is 0.274 e. The number of aryl methyl sites for hydroxylation is 2. The molecule has 0 aliphatic carbocycles. The molecule has 0 atom stereocenters. The Morgan fingerprint density at radius 2 is 1.72 bits per heavy atom. The van der Waals surface area contributed by atoms with Gasteiger partial charge in [0.15, 0.2) is 0 Å². The van der Waals surface area contributed by atoms with Crippen molar-refractivity contribution in [3.63, 3.8) is 0 Å². The van der Waals surface area contributed by atoms with Crippen molar-refractivity contribution in [3.8, 4) is 5.69 Å². The molecule has 3 nitrogen and oxygen atoms in total. The summed E-state index contributed by atoms with van der Waals surface area (Å²) >= 11 is 12.1. The van der Waals surface area contributed by atoms with E-state index >= 15 is 0 Å². The van der Waals surface area contributed by atoms with Gasteiger partial charge in [-0.2, -0.15) is 9.78 Å². The molecule has 1 heterocycles. The Morgan fingerprint density at radius 1 is 1.06 bits per heavy atom. The predicted molar refractivity (Wildman–Crippen MR) is 74.1 cm³/mol. The number of hydrogen-bond acceptors (Lipinski definition) is 2. The molecule has 1 aromatic carbocycles. The van der Waals surface area contributed by atoms with Crippen molar-refractivity contribution >= 4 is 23.2 Å². The first kappa shape index (κ1) is 13.1. The van der Waals surface area contributed by atoms with E-state index in [1.165, 1.54) is 4.68 Å². The van der Waals surface area contributed by atoms with E-state index in [1.807, 2.05) is 13.8 Å². The predicted octanol–water partition coefficient (Wildman–Crippen LogP) is 3.46. The fourth-order valence-corrected chi connectivity index (χ4v) is 2.06. The summed E-state index contributed by atoms with van der Waals surface area (Å²) < 4.78 is 1.30. The Morgan fingerprint density at radius 3 is 2.39 bits per heavy atom. The quantitative estimate of drug-likeness (QED) is 0.803. The van der Waals surface area contributed by atoms with Crippen LogP contribution in [0.2, 0.25) is 10.0 Å². The number of halogens is 2. The number of aromatic nitrogens is 2. The molecule has 0 aliphatic heterocycles. The van der Waals surface area contributed by atoms with E-state index in [0.717, 1.165) is 11.1 Å². The Balaban J connectivity index is 2.74. The van der Waals surface area contributed by atoms with E-state index in [0.29, 0.717) is 21.3 Å². The minimum Gasteiger partial charge on any atom is -0.267 e. The van der Waals surface area contributed by atoms with E-state index in [1.54, 1.807) is 25.3 Å². The first-order valence-corrected chi connectivity index (χ1v) is 6.19. The molecule has 0 bridgehead atoms. The molecule has 1 aromatic heterocycles. The Hall–Kier alpha value is -1.32. The summed E-state index contributed by atoms with van der Waals surface area (Å²) in [7, 11) is 0. The van der Waals surface area contributed by atoms with Crippen molar-refractivity contribution < 1.29 is 0 Å². The van der Waals surface area contributed by atoms with Gasteiger partial charge in [-0.15, -0.1) is 0 Å². The zero-order valence-electron chi connectivity index (χ0n) is 10.3. The van der Waals surface area contributed by atoms with Crippen LogP contribution < -0.4 is 5.56 Å². The lowest BCUT2D eigenvalue weighted by atomic mass is 10.2. The van der Waals surface area contributed by atoms with Gasteiger partial charge in [-0.3, -0.25) is 4.79 Å². The maximum absolute atomic E-state index is 12.1. The highest BCUT2D eigenvalue weighted by Crippen LogP contribution is 2.26. The summed E-state index contributed by atoms with van der Waals surface area (Å²) in [5, 5.41) is 5.09. The third kappa shape index (κ3) is 2.16. The fourth-order valence-electron chi connectivity index (χ4n) is 1.60. The third-order valence-electron chi connectivity index (χ3n) is 2.93. The van der Waals surface area contributed by atoms with Gasteiger partial charge in [-0.25, -0.2) is 0 Å². The Labute approximate surface area is 115 Å². The Bertz CT molecular complexity index is 677. The van der Waals surface area contributed by atoms with E-state index in [-0.39, 0.29) is 5.56 Å². The van der Waals surface area contributed by atoms with Gasteiger partial charge < -0.3 is 0 Å². The minimum absolute atomic E-state index is 0.168. The molecular formula is C13H12Cl2N2O. The second kappa shape index (κ2) is 4.75. The van der Waals surface area contributed by atoms with Crippen LogP contribution in [0.4, 0.5) is 0 Å². The van der Waals surface area contributed by atoms with Gasteiger partial charge >= 0.3 is 0 Å². The summed E-state index contributed by atoms with van der Waals surface area (Å²) in [6, 6.07) is 3.38. The molecule has 0 saturated heterocycles. The summed E-state index contributed by atoms with van der Waals surface area (Å²) in [5.74, 6) is 0. The van der Waals surface area contributed by atoms with Gasteiger partial charge in [0, 0.05) is 10.6 Å².